The second-order valence-electron chi connectivity index (χ2n) is 13.9. The molecule has 0 bridgehead atoms. The number of hydrogen-bond acceptors (Lipinski definition) is 11. The minimum absolute atomic E-state index is 0.0661. The fourth-order valence-corrected chi connectivity index (χ4v) is 4.75. The molecule has 0 heterocycles. The van der Waals surface area contributed by atoms with Crippen LogP contribution in [0.25, 0.3) is 0 Å². The van der Waals surface area contributed by atoms with Gasteiger partial charge in [0, 0.05) is 18.7 Å². The number of urea groups is 1. The van der Waals surface area contributed by atoms with Crippen LogP contribution in [-0.4, -0.2) is 92.2 Å². The van der Waals surface area contributed by atoms with Crippen molar-refractivity contribution in [2.24, 2.45) is 11.7 Å². The molecule has 332 valence electrons. The number of Topliss-reactive ketones (excluding diaryl/α,β-unsaturated/α-hetero) is 1. The fraction of sp³-hybridized carbons (Fsp3) is 0.500. The van der Waals surface area contributed by atoms with Gasteiger partial charge in [-0.1, -0.05) is 26.0 Å². The normalized spacial score (nSPS) is 12.2. The zero-order valence-electron chi connectivity index (χ0n) is 33.6. The molecule has 0 unspecified atom stereocenters. The predicted octanol–water partition coefficient (Wildman–Crippen LogP) is 3.41. The van der Waals surface area contributed by atoms with Crippen LogP contribution in [0.1, 0.15) is 65.9 Å². The second kappa shape index (κ2) is 24.2. The quantitative estimate of drug-likeness (QED) is 0.0223. The summed E-state index contributed by atoms with van der Waals surface area (Å²) in [6, 6.07) is 3.29. The number of esters is 1. The number of anilines is 1. The highest BCUT2D eigenvalue weighted by molar-refractivity contribution is 5.98. The van der Waals surface area contributed by atoms with Crippen LogP contribution in [0.3, 0.4) is 0 Å². The lowest BCUT2D eigenvalue weighted by molar-refractivity contribution is -0.136. The van der Waals surface area contributed by atoms with Gasteiger partial charge in [-0.3, -0.25) is 24.0 Å². The van der Waals surface area contributed by atoms with Gasteiger partial charge in [0.15, 0.2) is 5.78 Å². The van der Waals surface area contributed by atoms with Crippen molar-refractivity contribution in [3.05, 3.63) is 58.9 Å². The zero-order chi connectivity index (χ0) is 45.2. The molecular formula is C38H49F5N6O11. The molecule has 0 aromatic heterocycles. The Bertz CT molecular complexity index is 1820. The highest BCUT2D eigenvalue weighted by atomic mass is 19.2. The molecule has 2 atom stereocenters. The van der Waals surface area contributed by atoms with Crippen LogP contribution >= 0.6 is 0 Å². The number of hydrogen-bond donors (Lipinski definition) is 6. The van der Waals surface area contributed by atoms with Crippen molar-refractivity contribution in [3.63, 3.8) is 0 Å². The minimum Gasteiger partial charge on any atom is -0.445 e. The predicted molar refractivity (Wildman–Crippen MR) is 201 cm³/mol. The topological polar surface area (TPSA) is 243 Å². The van der Waals surface area contributed by atoms with E-state index in [1.807, 2.05) is 0 Å². The van der Waals surface area contributed by atoms with Crippen LogP contribution in [0.5, 0.6) is 5.75 Å². The van der Waals surface area contributed by atoms with Gasteiger partial charge < -0.3 is 51.3 Å². The maximum atomic E-state index is 13.7. The number of ketones is 1. The average molecular weight is 861 g/mol. The molecule has 6 amide bonds. The lowest BCUT2D eigenvalue weighted by atomic mass is 10.0. The summed E-state index contributed by atoms with van der Waals surface area (Å²) < 4.78 is 87.0. The number of carbonyl (C=O) groups excluding carboxylic acids is 7. The van der Waals surface area contributed by atoms with E-state index in [-0.39, 0.29) is 64.6 Å². The summed E-state index contributed by atoms with van der Waals surface area (Å²) in [5.41, 5.74) is 4.92. The van der Waals surface area contributed by atoms with Crippen LogP contribution in [0.15, 0.2) is 24.3 Å². The molecule has 17 nitrogen and oxygen atoms in total. The summed E-state index contributed by atoms with van der Waals surface area (Å²) >= 11 is 0. The van der Waals surface area contributed by atoms with Gasteiger partial charge >= 0.3 is 18.1 Å². The Hall–Kier alpha value is -5.90. The molecule has 0 aliphatic carbocycles. The van der Waals surface area contributed by atoms with Crippen molar-refractivity contribution in [1.82, 2.24) is 21.3 Å². The number of carbonyl (C=O) groups is 7. The Labute approximate surface area is 341 Å². The number of ether oxygens (including phenoxy) is 4. The first-order valence-corrected chi connectivity index (χ1v) is 18.5. The second-order valence-corrected chi connectivity index (χ2v) is 13.9. The van der Waals surface area contributed by atoms with Gasteiger partial charge in [0.2, 0.25) is 52.6 Å². The van der Waals surface area contributed by atoms with Crippen molar-refractivity contribution in [2.45, 2.75) is 84.5 Å². The van der Waals surface area contributed by atoms with E-state index in [9.17, 15) is 55.5 Å². The Kier molecular flexibility index (Phi) is 20.3. The Morgan fingerprint density at radius 1 is 0.767 bits per heavy atom. The molecule has 0 radical (unpaired) electrons. The number of halogens is 5. The van der Waals surface area contributed by atoms with Crippen LogP contribution in [0.4, 0.5) is 37.2 Å². The molecule has 0 saturated carbocycles. The first kappa shape index (κ1) is 50.2. The molecule has 2 aromatic rings. The van der Waals surface area contributed by atoms with Crippen molar-refractivity contribution < 1.29 is 74.5 Å². The van der Waals surface area contributed by atoms with Gasteiger partial charge in [-0.25, -0.2) is 22.8 Å². The average Bonchev–Trinajstić information content (AvgIpc) is 3.18. The Morgan fingerprint density at radius 2 is 1.33 bits per heavy atom. The largest absolute Gasteiger partial charge is 0.445 e. The van der Waals surface area contributed by atoms with Gasteiger partial charge in [0.05, 0.1) is 38.4 Å². The molecule has 60 heavy (non-hydrogen) atoms. The number of benzene rings is 2. The highest BCUT2D eigenvalue weighted by Gasteiger charge is 2.30. The summed E-state index contributed by atoms with van der Waals surface area (Å²) in [6.07, 6.45) is -1.30. The van der Waals surface area contributed by atoms with E-state index in [1.54, 1.807) is 38.1 Å². The fourth-order valence-electron chi connectivity index (χ4n) is 4.75. The third-order valence-electron chi connectivity index (χ3n) is 8.43. The van der Waals surface area contributed by atoms with Gasteiger partial charge in [-0.15, -0.1) is 0 Å². The molecule has 2 aromatic carbocycles. The third kappa shape index (κ3) is 16.8. The number of amides is 6. The maximum absolute atomic E-state index is 13.7. The summed E-state index contributed by atoms with van der Waals surface area (Å²) in [5.74, 6) is -17.2. The van der Waals surface area contributed by atoms with Crippen molar-refractivity contribution in [3.8, 4) is 5.75 Å². The molecule has 0 aliphatic heterocycles. The minimum atomic E-state index is -2.40. The smallest absolute Gasteiger partial charge is 0.408 e. The van der Waals surface area contributed by atoms with Crippen LogP contribution < -0.4 is 37.1 Å². The van der Waals surface area contributed by atoms with Crippen LogP contribution in [-0.2, 0) is 44.8 Å². The summed E-state index contributed by atoms with van der Waals surface area (Å²) in [6.45, 7) is 7.03. The van der Waals surface area contributed by atoms with Gasteiger partial charge in [0.25, 0.3) is 0 Å². The first-order valence-electron chi connectivity index (χ1n) is 18.5. The van der Waals surface area contributed by atoms with Crippen molar-refractivity contribution in [2.75, 3.05) is 38.3 Å². The van der Waals surface area contributed by atoms with Gasteiger partial charge in [-0.05, 0) is 57.2 Å². The van der Waals surface area contributed by atoms with Crippen molar-refractivity contribution >= 4 is 47.3 Å². The number of alkyl carbamates (subject to hydrolysis) is 1. The number of primary amides is 1. The monoisotopic (exact) mass is 860 g/mol. The number of nitrogens with two attached hydrogens (primary N) is 1. The molecule has 7 N–H and O–H groups in total. The molecular weight excluding hydrogens is 811 g/mol. The molecule has 0 saturated heterocycles. The lowest BCUT2D eigenvalue weighted by Crippen LogP contribution is -2.54. The standard InChI is InChI=1S/C38H49F5N6O11/c1-20(2)32(48-25(51)12-15-57-17-18-58-16-13-26(52)60-33-30(42)28(40)27(39)29(41)31(33)43)35(54)47-24(7-6-14-45-36(44)55)34(53)46-23-10-8-22(9-11-23)19-59-37(56)49-38(4,5)21(3)50/h8-11,20,24,32H,6-7,12-19H2,1-5H3,(H,46,53)(H,47,54)(H,48,51)(H,49,56)(H3,44,45,55)/t24-,32-/m0/s1. The molecule has 2 rings (SSSR count). The van der Waals surface area contributed by atoms with Crippen LogP contribution in [0.2, 0.25) is 0 Å². The maximum Gasteiger partial charge on any atom is 0.408 e. The Morgan fingerprint density at radius 3 is 1.88 bits per heavy atom. The van der Waals surface area contributed by atoms with Crippen LogP contribution in [0, 0.1) is 35.0 Å². The van der Waals surface area contributed by atoms with E-state index in [0.29, 0.717) is 11.3 Å². The van der Waals surface area contributed by atoms with E-state index in [4.69, 9.17) is 19.9 Å². The summed E-state index contributed by atoms with van der Waals surface area (Å²) in [5, 5.41) is 12.8. The third-order valence-corrected chi connectivity index (χ3v) is 8.43. The summed E-state index contributed by atoms with van der Waals surface area (Å²) in [7, 11) is 0. The molecule has 22 heteroatoms. The number of nitrogens with one attached hydrogen (secondary N) is 5. The molecule has 0 spiro atoms. The van der Waals surface area contributed by atoms with E-state index in [2.05, 4.69) is 31.3 Å². The summed E-state index contributed by atoms with van der Waals surface area (Å²) in [4.78, 5) is 86.2. The van der Waals surface area contributed by atoms with E-state index < -0.39 is 101 Å². The zero-order valence-corrected chi connectivity index (χ0v) is 33.6. The van der Waals surface area contributed by atoms with Gasteiger partial charge in [0.1, 0.15) is 18.7 Å². The Balaban J connectivity index is 1.85. The van der Waals surface area contributed by atoms with Crippen molar-refractivity contribution in [1.29, 1.82) is 0 Å². The lowest BCUT2D eigenvalue weighted by Gasteiger charge is -2.25. The molecule has 0 aliphatic rings. The SMILES string of the molecule is CC(=O)C(C)(C)NC(=O)OCc1ccc(NC(=O)[C@H](CCCNC(N)=O)NC(=O)[C@@H](NC(=O)CCOCCOCCC(=O)Oc2c(F)c(F)c(F)c(F)c2F)C(C)C)cc1. The van der Waals surface area contributed by atoms with E-state index >= 15 is 0 Å². The first-order chi connectivity index (χ1) is 28.1. The molecule has 0 fully saturated rings. The van der Waals surface area contributed by atoms with E-state index in [1.165, 1.54) is 20.8 Å². The number of rotatable bonds is 24. The van der Waals surface area contributed by atoms with E-state index in [0.717, 1.165) is 0 Å². The van der Waals surface area contributed by atoms with Gasteiger partial charge in [-0.2, -0.15) is 8.78 Å². The highest BCUT2D eigenvalue weighted by Crippen LogP contribution is 2.29.